The van der Waals surface area contributed by atoms with Crippen molar-refractivity contribution in [1.29, 1.82) is 0 Å². The molecule has 1 aromatic rings. The highest BCUT2D eigenvalue weighted by atomic mass is 15.2. The quantitative estimate of drug-likeness (QED) is 0.867. The second kappa shape index (κ2) is 7.39. The summed E-state index contributed by atoms with van der Waals surface area (Å²) in [5.74, 6) is 1.34. The van der Waals surface area contributed by atoms with Crippen LogP contribution in [0, 0.1) is 5.92 Å². The summed E-state index contributed by atoms with van der Waals surface area (Å²) in [5.41, 5.74) is 2.86. The molecule has 118 valence electrons. The summed E-state index contributed by atoms with van der Waals surface area (Å²) >= 11 is 0. The van der Waals surface area contributed by atoms with Gasteiger partial charge in [-0.1, -0.05) is 38.1 Å². The smallest absolute Gasteiger partial charge is 0.0254 e. The summed E-state index contributed by atoms with van der Waals surface area (Å²) in [6.07, 6.45) is 0. The molecule has 2 rings (SSSR count). The zero-order chi connectivity index (χ0) is 15.4. The molecule has 0 amide bonds. The van der Waals surface area contributed by atoms with Gasteiger partial charge in [0, 0.05) is 32.2 Å². The normalized spacial score (nSPS) is 24.7. The molecule has 0 aliphatic carbocycles. The minimum atomic E-state index is 0.578. The molecule has 1 N–H and O–H groups in total. The molecule has 1 aliphatic heterocycles. The first-order valence-electron chi connectivity index (χ1n) is 8.13. The predicted octanol–water partition coefficient (Wildman–Crippen LogP) is 2.39. The molecule has 3 nitrogen and oxygen atoms in total. The maximum absolute atomic E-state index is 3.25. The van der Waals surface area contributed by atoms with Crippen LogP contribution >= 0.6 is 0 Å². The first-order valence-corrected chi connectivity index (χ1v) is 8.13. The van der Waals surface area contributed by atoms with Crippen LogP contribution in [0.25, 0.3) is 0 Å². The molecule has 3 heteroatoms. The zero-order valence-corrected chi connectivity index (χ0v) is 14.3. The van der Waals surface area contributed by atoms with Gasteiger partial charge in [0.1, 0.15) is 0 Å². The molecule has 1 aromatic carbocycles. The SMILES string of the molecule is CNCC(C)c1ccc(CN2CC(C)C(N(C)C)C2)cc1. The first kappa shape index (κ1) is 16.5. The van der Waals surface area contributed by atoms with Gasteiger partial charge in [0.25, 0.3) is 0 Å². The highest BCUT2D eigenvalue weighted by molar-refractivity contribution is 5.25. The summed E-state index contributed by atoms with van der Waals surface area (Å²) in [7, 11) is 6.41. The van der Waals surface area contributed by atoms with Crippen LogP contribution in [-0.2, 0) is 6.54 Å². The Morgan fingerprint density at radius 2 is 1.90 bits per heavy atom. The largest absolute Gasteiger partial charge is 0.319 e. The first-order chi connectivity index (χ1) is 10.0. The van der Waals surface area contributed by atoms with E-state index in [1.54, 1.807) is 0 Å². The Bertz CT molecular complexity index is 427. The second-order valence-electron chi connectivity index (χ2n) is 6.90. The molecule has 0 radical (unpaired) electrons. The fourth-order valence-corrected chi connectivity index (χ4v) is 3.48. The van der Waals surface area contributed by atoms with E-state index in [0.717, 1.165) is 19.0 Å². The maximum Gasteiger partial charge on any atom is 0.0254 e. The number of likely N-dealkylation sites (tertiary alicyclic amines) is 1. The summed E-state index contributed by atoms with van der Waals surface area (Å²) in [6.45, 7) is 9.15. The highest BCUT2D eigenvalue weighted by Gasteiger charge is 2.30. The Hall–Kier alpha value is -0.900. The van der Waals surface area contributed by atoms with E-state index in [1.165, 1.54) is 24.2 Å². The molecule has 3 unspecified atom stereocenters. The number of nitrogens with zero attached hydrogens (tertiary/aromatic N) is 2. The molecular formula is C18H31N3. The van der Waals surface area contributed by atoms with Gasteiger partial charge in [-0.15, -0.1) is 0 Å². The maximum atomic E-state index is 3.25. The predicted molar refractivity (Wildman–Crippen MR) is 90.7 cm³/mol. The van der Waals surface area contributed by atoms with Crippen molar-refractivity contribution in [3.63, 3.8) is 0 Å². The Balaban J connectivity index is 1.92. The third-order valence-corrected chi connectivity index (χ3v) is 4.78. The van der Waals surface area contributed by atoms with Crippen molar-refractivity contribution in [2.45, 2.75) is 32.4 Å². The van der Waals surface area contributed by atoms with Gasteiger partial charge in [-0.3, -0.25) is 4.90 Å². The van der Waals surface area contributed by atoms with E-state index in [1.807, 2.05) is 7.05 Å². The van der Waals surface area contributed by atoms with Crippen molar-refractivity contribution in [3.8, 4) is 0 Å². The van der Waals surface area contributed by atoms with Gasteiger partial charge >= 0.3 is 0 Å². The van der Waals surface area contributed by atoms with Crippen molar-refractivity contribution in [2.75, 3.05) is 40.8 Å². The van der Waals surface area contributed by atoms with Crippen LogP contribution in [0.15, 0.2) is 24.3 Å². The molecule has 1 saturated heterocycles. The van der Waals surface area contributed by atoms with Crippen LogP contribution in [-0.4, -0.2) is 56.6 Å². The topological polar surface area (TPSA) is 18.5 Å². The van der Waals surface area contributed by atoms with Gasteiger partial charge in [-0.05, 0) is 44.1 Å². The van der Waals surface area contributed by atoms with Gasteiger partial charge in [0.15, 0.2) is 0 Å². The molecule has 1 heterocycles. The Morgan fingerprint density at radius 1 is 1.24 bits per heavy atom. The Morgan fingerprint density at radius 3 is 2.43 bits per heavy atom. The third kappa shape index (κ3) is 4.29. The standard InChI is InChI=1S/C18H31N3/c1-14(10-19-3)17-8-6-16(7-9-17)12-21-11-15(2)18(13-21)20(4)5/h6-9,14-15,18-19H,10-13H2,1-5H3. The molecule has 21 heavy (non-hydrogen) atoms. The summed E-state index contributed by atoms with van der Waals surface area (Å²) in [4.78, 5) is 4.95. The lowest BCUT2D eigenvalue weighted by Gasteiger charge is -2.22. The van der Waals surface area contributed by atoms with Crippen LogP contribution < -0.4 is 5.32 Å². The van der Waals surface area contributed by atoms with E-state index >= 15 is 0 Å². The molecule has 0 spiro atoms. The lowest BCUT2D eigenvalue weighted by atomic mass is 10.00. The number of nitrogens with one attached hydrogen (secondary N) is 1. The fraction of sp³-hybridized carbons (Fsp3) is 0.667. The summed E-state index contributed by atoms with van der Waals surface area (Å²) in [5, 5.41) is 3.25. The van der Waals surface area contributed by atoms with E-state index in [9.17, 15) is 0 Å². The molecule has 1 fully saturated rings. The van der Waals surface area contributed by atoms with E-state index in [0.29, 0.717) is 12.0 Å². The summed E-state index contributed by atoms with van der Waals surface area (Å²) in [6, 6.07) is 9.88. The minimum absolute atomic E-state index is 0.578. The van der Waals surface area contributed by atoms with E-state index in [2.05, 4.69) is 67.3 Å². The number of hydrogen-bond donors (Lipinski definition) is 1. The fourth-order valence-electron chi connectivity index (χ4n) is 3.48. The van der Waals surface area contributed by atoms with Gasteiger partial charge in [-0.25, -0.2) is 0 Å². The average Bonchev–Trinajstić information content (AvgIpc) is 2.81. The van der Waals surface area contributed by atoms with E-state index in [4.69, 9.17) is 0 Å². The van der Waals surface area contributed by atoms with Gasteiger partial charge in [-0.2, -0.15) is 0 Å². The molecule has 0 saturated carbocycles. The van der Waals surface area contributed by atoms with Gasteiger partial charge in [0.05, 0.1) is 0 Å². The van der Waals surface area contributed by atoms with Crippen LogP contribution in [0.3, 0.4) is 0 Å². The van der Waals surface area contributed by atoms with Crippen molar-refractivity contribution in [1.82, 2.24) is 15.1 Å². The van der Waals surface area contributed by atoms with Crippen molar-refractivity contribution < 1.29 is 0 Å². The van der Waals surface area contributed by atoms with E-state index < -0.39 is 0 Å². The van der Waals surface area contributed by atoms with Crippen molar-refractivity contribution in [2.24, 2.45) is 5.92 Å². The Labute approximate surface area is 130 Å². The van der Waals surface area contributed by atoms with Crippen LogP contribution in [0.5, 0.6) is 0 Å². The Kier molecular flexibility index (Phi) is 5.80. The summed E-state index contributed by atoms with van der Waals surface area (Å²) < 4.78 is 0. The third-order valence-electron chi connectivity index (χ3n) is 4.78. The molecule has 0 aromatic heterocycles. The highest BCUT2D eigenvalue weighted by Crippen LogP contribution is 2.22. The monoisotopic (exact) mass is 289 g/mol. The van der Waals surface area contributed by atoms with Crippen LogP contribution in [0.4, 0.5) is 0 Å². The second-order valence-corrected chi connectivity index (χ2v) is 6.90. The van der Waals surface area contributed by atoms with Crippen molar-refractivity contribution >= 4 is 0 Å². The van der Waals surface area contributed by atoms with Gasteiger partial charge in [0.2, 0.25) is 0 Å². The van der Waals surface area contributed by atoms with Crippen LogP contribution in [0.1, 0.15) is 30.9 Å². The minimum Gasteiger partial charge on any atom is -0.319 e. The molecule has 0 bridgehead atoms. The number of rotatable bonds is 6. The average molecular weight is 289 g/mol. The molecular weight excluding hydrogens is 258 g/mol. The number of benzene rings is 1. The van der Waals surface area contributed by atoms with Gasteiger partial charge < -0.3 is 10.2 Å². The molecule has 1 aliphatic rings. The van der Waals surface area contributed by atoms with Crippen LogP contribution in [0.2, 0.25) is 0 Å². The lowest BCUT2D eigenvalue weighted by molar-refractivity contribution is 0.250. The lowest BCUT2D eigenvalue weighted by Crippen LogP contribution is -2.34. The van der Waals surface area contributed by atoms with Crippen molar-refractivity contribution in [3.05, 3.63) is 35.4 Å². The number of likely N-dealkylation sites (N-methyl/N-ethyl adjacent to an activating group) is 2. The number of hydrogen-bond acceptors (Lipinski definition) is 3. The molecule has 3 atom stereocenters. The van der Waals surface area contributed by atoms with E-state index in [-0.39, 0.29) is 0 Å². The zero-order valence-electron chi connectivity index (χ0n) is 14.3.